The molecule has 4 nitrogen and oxygen atoms in total. The van der Waals surface area contributed by atoms with Gasteiger partial charge in [0.05, 0.1) is 23.4 Å². The lowest BCUT2D eigenvalue weighted by molar-refractivity contribution is -0.137. The molecule has 2 aromatic carbocycles. The van der Waals surface area contributed by atoms with E-state index in [9.17, 15) is 18.0 Å². The summed E-state index contributed by atoms with van der Waals surface area (Å²) in [6.45, 7) is 0. The zero-order chi connectivity index (χ0) is 19.6. The fraction of sp³-hybridized carbons (Fsp3) is 0.105. The Hall–Kier alpha value is -2.93. The van der Waals surface area contributed by atoms with Gasteiger partial charge >= 0.3 is 6.18 Å². The molecule has 0 saturated carbocycles. The first-order valence-electron chi connectivity index (χ1n) is 7.71. The average Bonchev–Trinajstić information content (AvgIpc) is 3.11. The number of hydrogen-bond donors (Lipinski definition) is 1. The van der Waals surface area contributed by atoms with Crippen LogP contribution in [0.3, 0.4) is 0 Å². The molecule has 0 radical (unpaired) electrons. The van der Waals surface area contributed by atoms with Gasteiger partial charge in [0.15, 0.2) is 5.76 Å². The molecule has 1 N–H and O–H groups in total. The molecule has 0 fully saturated rings. The highest BCUT2D eigenvalue weighted by Gasteiger charge is 2.31. The number of alkyl halides is 3. The Labute approximate surface area is 157 Å². The summed E-state index contributed by atoms with van der Waals surface area (Å²) in [5.41, 5.74) is -0.388. The predicted octanol–water partition coefficient (Wildman–Crippen LogP) is 5.88. The molecule has 8 heteroatoms. The number of amides is 1. The first-order valence-corrected chi connectivity index (χ1v) is 8.08. The van der Waals surface area contributed by atoms with Gasteiger partial charge in [-0.05, 0) is 42.5 Å². The zero-order valence-corrected chi connectivity index (χ0v) is 14.7. The molecule has 0 unspecified atom stereocenters. The van der Waals surface area contributed by atoms with E-state index >= 15 is 0 Å². The van der Waals surface area contributed by atoms with E-state index in [1.54, 1.807) is 24.3 Å². The van der Waals surface area contributed by atoms with Gasteiger partial charge in [-0.25, -0.2) is 0 Å². The minimum Gasteiger partial charge on any atom is -0.495 e. The lowest BCUT2D eigenvalue weighted by Gasteiger charge is -2.09. The predicted molar refractivity (Wildman–Crippen MR) is 95.1 cm³/mol. The third-order valence-electron chi connectivity index (χ3n) is 3.74. The maximum Gasteiger partial charge on any atom is 0.416 e. The van der Waals surface area contributed by atoms with Crippen LogP contribution in [-0.2, 0) is 6.18 Å². The summed E-state index contributed by atoms with van der Waals surface area (Å²) in [5.74, 6) is -0.145. The van der Waals surface area contributed by atoms with Gasteiger partial charge in [0.25, 0.3) is 5.91 Å². The van der Waals surface area contributed by atoms with E-state index in [-0.39, 0.29) is 22.1 Å². The lowest BCUT2D eigenvalue weighted by atomic mass is 10.1. The SMILES string of the molecule is COc1ccccc1NC(=O)c1ccc(-c2cc(C(F)(F)F)ccc2Cl)o1. The van der Waals surface area contributed by atoms with E-state index in [1.165, 1.54) is 19.2 Å². The van der Waals surface area contributed by atoms with Gasteiger partial charge in [-0.2, -0.15) is 13.2 Å². The van der Waals surface area contributed by atoms with Crippen molar-refractivity contribution in [2.24, 2.45) is 0 Å². The molecule has 0 aliphatic rings. The number of nitrogens with one attached hydrogen (secondary N) is 1. The molecule has 0 aliphatic carbocycles. The van der Waals surface area contributed by atoms with Crippen molar-refractivity contribution in [3.05, 3.63) is 70.9 Å². The van der Waals surface area contributed by atoms with Crippen molar-refractivity contribution >= 4 is 23.2 Å². The number of para-hydroxylation sites is 2. The van der Waals surface area contributed by atoms with E-state index < -0.39 is 17.6 Å². The highest BCUT2D eigenvalue weighted by Crippen LogP contribution is 2.36. The quantitative estimate of drug-likeness (QED) is 0.600. The topological polar surface area (TPSA) is 51.5 Å². The van der Waals surface area contributed by atoms with Crippen LogP contribution in [0.2, 0.25) is 5.02 Å². The first-order chi connectivity index (χ1) is 12.8. The molecule has 1 heterocycles. The molecule has 1 amide bonds. The van der Waals surface area contributed by atoms with Crippen molar-refractivity contribution in [3.63, 3.8) is 0 Å². The van der Waals surface area contributed by atoms with Crippen molar-refractivity contribution in [1.29, 1.82) is 0 Å². The van der Waals surface area contributed by atoms with Gasteiger partial charge in [0.2, 0.25) is 0 Å². The smallest absolute Gasteiger partial charge is 0.416 e. The minimum atomic E-state index is -4.52. The number of methoxy groups -OCH3 is 1. The Morgan fingerprint density at radius 1 is 1.11 bits per heavy atom. The van der Waals surface area contributed by atoms with Crippen LogP contribution in [0.4, 0.5) is 18.9 Å². The third kappa shape index (κ3) is 4.09. The van der Waals surface area contributed by atoms with Gasteiger partial charge in [-0.3, -0.25) is 4.79 Å². The number of anilines is 1. The number of carbonyl (C=O) groups excluding carboxylic acids is 1. The molecule has 140 valence electrons. The second kappa shape index (κ2) is 7.36. The number of halogens is 4. The van der Waals surface area contributed by atoms with Crippen LogP contribution < -0.4 is 10.1 Å². The molecule has 0 saturated heterocycles. The number of benzene rings is 2. The Kier molecular flexibility index (Phi) is 5.14. The molecule has 0 spiro atoms. The summed E-state index contributed by atoms with van der Waals surface area (Å²) in [6, 6.07) is 12.4. The number of furan rings is 1. The van der Waals surface area contributed by atoms with Crippen molar-refractivity contribution < 1.29 is 27.1 Å². The molecule has 0 atom stereocenters. The fourth-order valence-electron chi connectivity index (χ4n) is 2.43. The number of carbonyl (C=O) groups is 1. The van der Waals surface area contributed by atoms with Gasteiger partial charge in [-0.15, -0.1) is 0 Å². The van der Waals surface area contributed by atoms with Gasteiger partial charge in [0, 0.05) is 5.56 Å². The second-order valence-corrected chi connectivity index (χ2v) is 5.92. The maximum atomic E-state index is 12.9. The van der Waals surface area contributed by atoms with Gasteiger partial charge in [0.1, 0.15) is 11.5 Å². The van der Waals surface area contributed by atoms with Crippen LogP contribution in [0.25, 0.3) is 11.3 Å². The zero-order valence-electron chi connectivity index (χ0n) is 13.9. The number of hydrogen-bond acceptors (Lipinski definition) is 3. The molecule has 0 bridgehead atoms. The summed E-state index contributed by atoms with van der Waals surface area (Å²) < 4.78 is 49.3. The van der Waals surface area contributed by atoms with E-state index in [0.717, 1.165) is 18.2 Å². The standard InChI is InChI=1S/C19H13ClF3NO3/c1-26-16-5-3-2-4-14(16)24-18(25)17-9-8-15(27-17)12-10-11(19(21,22)23)6-7-13(12)20/h2-10H,1H3,(H,24,25). The van der Waals surface area contributed by atoms with Crippen molar-refractivity contribution in [3.8, 4) is 17.1 Å². The summed E-state index contributed by atoms with van der Waals surface area (Å²) in [6.07, 6.45) is -4.52. The lowest BCUT2D eigenvalue weighted by Crippen LogP contribution is -2.11. The largest absolute Gasteiger partial charge is 0.495 e. The summed E-state index contributed by atoms with van der Waals surface area (Å²) in [4.78, 5) is 12.4. The normalized spacial score (nSPS) is 11.3. The van der Waals surface area contributed by atoms with Gasteiger partial charge < -0.3 is 14.5 Å². The Morgan fingerprint density at radius 3 is 2.56 bits per heavy atom. The molecule has 3 rings (SSSR count). The molecular weight excluding hydrogens is 383 g/mol. The first kappa shape index (κ1) is 18.8. The van der Waals surface area contributed by atoms with E-state index in [0.29, 0.717) is 11.4 Å². The van der Waals surface area contributed by atoms with Crippen molar-refractivity contribution in [2.75, 3.05) is 12.4 Å². The Balaban J connectivity index is 1.88. The Morgan fingerprint density at radius 2 is 1.85 bits per heavy atom. The van der Waals surface area contributed by atoms with Crippen molar-refractivity contribution in [2.45, 2.75) is 6.18 Å². The van der Waals surface area contributed by atoms with Crippen LogP contribution >= 0.6 is 11.6 Å². The Bertz CT molecular complexity index is 982. The molecule has 3 aromatic rings. The molecular formula is C19H13ClF3NO3. The summed E-state index contributed by atoms with van der Waals surface area (Å²) >= 11 is 5.99. The fourth-order valence-corrected chi connectivity index (χ4v) is 2.64. The monoisotopic (exact) mass is 395 g/mol. The molecule has 27 heavy (non-hydrogen) atoms. The van der Waals surface area contributed by atoms with Gasteiger partial charge in [-0.1, -0.05) is 23.7 Å². The average molecular weight is 396 g/mol. The van der Waals surface area contributed by atoms with Crippen LogP contribution in [0, 0.1) is 0 Å². The molecule has 0 aliphatic heterocycles. The molecule has 1 aromatic heterocycles. The maximum absolute atomic E-state index is 12.9. The number of rotatable bonds is 4. The van der Waals surface area contributed by atoms with Crippen LogP contribution in [0.1, 0.15) is 16.1 Å². The van der Waals surface area contributed by atoms with E-state index in [1.807, 2.05) is 0 Å². The number of ether oxygens (including phenoxy) is 1. The summed E-state index contributed by atoms with van der Waals surface area (Å²) in [7, 11) is 1.46. The van der Waals surface area contributed by atoms with Crippen LogP contribution in [0.15, 0.2) is 59.0 Å². The van der Waals surface area contributed by atoms with Crippen LogP contribution in [-0.4, -0.2) is 13.0 Å². The third-order valence-corrected chi connectivity index (χ3v) is 4.07. The highest BCUT2D eigenvalue weighted by molar-refractivity contribution is 6.33. The summed E-state index contributed by atoms with van der Waals surface area (Å²) in [5, 5.41) is 2.70. The van der Waals surface area contributed by atoms with Crippen LogP contribution in [0.5, 0.6) is 5.75 Å². The van der Waals surface area contributed by atoms with E-state index in [4.69, 9.17) is 20.8 Å². The highest BCUT2D eigenvalue weighted by atomic mass is 35.5. The van der Waals surface area contributed by atoms with E-state index in [2.05, 4.69) is 5.32 Å². The second-order valence-electron chi connectivity index (χ2n) is 5.51. The van der Waals surface area contributed by atoms with Crippen molar-refractivity contribution in [1.82, 2.24) is 0 Å². The minimum absolute atomic E-state index is 0.0443.